The molecule has 6 heteroatoms. The summed E-state index contributed by atoms with van der Waals surface area (Å²) < 4.78 is 2.02. The summed E-state index contributed by atoms with van der Waals surface area (Å²) in [6, 6.07) is 0.321. The van der Waals surface area contributed by atoms with Gasteiger partial charge >= 0.3 is 0 Å². The van der Waals surface area contributed by atoms with E-state index >= 15 is 0 Å². The van der Waals surface area contributed by atoms with Crippen molar-refractivity contribution < 1.29 is 0 Å². The van der Waals surface area contributed by atoms with Gasteiger partial charge in [-0.3, -0.25) is 9.47 Å². The van der Waals surface area contributed by atoms with E-state index in [1.165, 1.54) is 0 Å². The molecule has 2 heterocycles. The van der Waals surface area contributed by atoms with E-state index in [0.717, 1.165) is 38.0 Å². The number of anilines is 1. The Bertz CT molecular complexity index is 341. The number of nitrogens with zero attached hydrogens (tertiary/aromatic N) is 4. The van der Waals surface area contributed by atoms with E-state index < -0.39 is 0 Å². The molecule has 0 aliphatic carbocycles. The van der Waals surface area contributed by atoms with Gasteiger partial charge in [0, 0.05) is 40.3 Å². The van der Waals surface area contributed by atoms with E-state index in [9.17, 15) is 0 Å². The third-order valence-electron chi connectivity index (χ3n) is 3.21. The van der Waals surface area contributed by atoms with Gasteiger partial charge in [0.25, 0.3) is 0 Å². The molecule has 1 aromatic rings. The monoisotopic (exact) mass is 224 g/mol. The van der Waals surface area contributed by atoms with Crippen LogP contribution in [0.1, 0.15) is 18.8 Å². The molecule has 16 heavy (non-hydrogen) atoms. The van der Waals surface area contributed by atoms with Gasteiger partial charge in [-0.25, -0.2) is 0 Å². The molecule has 0 bridgehead atoms. The molecule has 0 amide bonds. The maximum atomic E-state index is 4.25. The van der Waals surface area contributed by atoms with Gasteiger partial charge < -0.3 is 10.6 Å². The van der Waals surface area contributed by atoms with Crippen LogP contribution in [0.2, 0.25) is 0 Å². The van der Waals surface area contributed by atoms with Crippen molar-refractivity contribution in [2.75, 3.05) is 38.5 Å². The Labute approximate surface area is 96.0 Å². The molecule has 1 unspecified atom stereocenters. The average Bonchev–Trinajstić information content (AvgIpc) is 2.70. The first-order valence-electron chi connectivity index (χ1n) is 5.76. The average molecular weight is 224 g/mol. The fourth-order valence-corrected chi connectivity index (χ4v) is 2.16. The van der Waals surface area contributed by atoms with Crippen molar-refractivity contribution in [1.29, 1.82) is 0 Å². The number of hydrogen-bond acceptors (Lipinski definition) is 5. The Balaban J connectivity index is 2.12. The highest BCUT2D eigenvalue weighted by molar-refractivity contribution is 5.24. The minimum absolute atomic E-state index is 0.321. The second kappa shape index (κ2) is 4.80. The lowest BCUT2D eigenvalue weighted by molar-refractivity contribution is 0.176. The second-order valence-electron chi connectivity index (χ2n) is 4.15. The van der Waals surface area contributed by atoms with Gasteiger partial charge in [0.05, 0.1) is 6.04 Å². The largest absolute Gasteiger partial charge is 0.357 e. The normalized spacial score (nSPS) is 19.7. The van der Waals surface area contributed by atoms with Crippen LogP contribution in [0.4, 0.5) is 5.95 Å². The summed E-state index contributed by atoms with van der Waals surface area (Å²) in [5.41, 5.74) is 0. The Morgan fingerprint density at radius 3 is 2.56 bits per heavy atom. The van der Waals surface area contributed by atoms with Crippen molar-refractivity contribution >= 4 is 5.95 Å². The van der Waals surface area contributed by atoms with Gasteiger partial charge in [-0.1, -0.05) is 0 Å². The molecule has 2 rings (SSSR count). The third-order valence-corrected chi connectivity index (χ3v) is 3.21. The number of aromatic nitrogens is 3. The number of rotatable bonds is 3. The van der Waals surface area contributed by atoms with Crippen LogP contribution in [-0.2, 0) is 7.05 Å². The molecule has 0 spiro atoms. The highest BCUT2D eigenvalue weighted by atomic mass is 15.4. The zero-order valence-electron chi connectivity index (χ0n) is 10.2. The van der Waals surface area contributed by atoms with Crippen molar-refractivity contribution in [2.24, 2.45) is 7.05 Å². The topological polar surface area (TPSA) is 58.0 Å². The molecule has 1 aromatic heterocycles. The van der Waals surface area contributed by atoms with Crippen LogP contribution < -0.4 is 10.6 Å². The standard InChI is InChI=1S/C10H20N6/c1-8(16-6-4-12-5-7-16)9-13-14-10(11-2)15(9)3/h8,12H,4-7H2,1-3H3,(H,11,14). The van der Waals surface area contributed by atoms with Crippen LogP contribution in [0.3, 0.4) is 0 Å². The zero-order chi connectivity index (χ0) is 11.5. The number of hydrogen-bond donors (Lipinski definition) is 2. The van der Waals surface area contributed by atoms with Crippen molar-refractivity contribution in [1.82, 2.24) is 25.0 Å². The van der Waals surface area contributed by atoms with E-state index in [1.54, 1.807) is 0 Å². The SMILES string of the molecule is CNc1nnc(C(C)N2CCNCC2)n1C. The smallest absolute Gasteiger partial charge is 0.224 e. The van der Waals surface area contributed by atoms with E-state index in [4.69, 9.17) is 0 Å². The summed E-state index contributed by atoms with van der Waals surface area (Å²) in [5.74, 6) is 1.84. The molecule has 1 atom stereocenters. The minimum atomic E-state index is 0.321. The molecule has 2 N–H and O–H groups in total. The Morgan fingerprint density at radius 2 is 2.00 bits per heavy atom. The molecule has 0 saturated carbocycles. The Morgan fingerprint density at radius 1 is 1.31 bits per heavy atom. The summed E-state index contributed by atoms with van der Waals surface area (Å²) in [5, 5.41) is 14.7. The van der Waals surface area contributed by atoms with Gasteiger partial charge in [0.15, 0.2) is 5.82 Å². The van der Waals surface area contributed by atoms with Crippen LogP contribution >= 0.6 is 0 Å². The maximum absolute atomic E-state index is 4.25. The molecule has 1 aliphatic heterocycles. The summed E-state index contributed by atoms with van der Waals surface area (Å²) in [6.45, 7) is 6.45. The summed E-state index contributed by atoms with van der Waals surface area (Å²) in [7, 11) is 3.86. The molecule has 1 saturated heterocycles. The first kappa shape index (κ1) is 11.3. The predicted octanol–water partition coefficient (Wildman–Crippen LogP) is -0.177. The van der Waals surface area contributed by atoms with E-state index in [1.807, 2.05) is 18.7 Å². The van der Waals surface area contributed by atoms with Crippen molar-refractivity contribution in [3.8, 4) is 0 Å². The Kier molecular flexibility index (Phi) is 3.40. The molecule has 1 fully saturated rings. The highest BCUT2D eigenvalue weighted by Crippen LogP contribution is 2.19. The second-order valence-corrected chi connectivity index (χ2v) is 4.15. The zero-order valence-corrected chi connectivity index (χ0v) is 10.2. The lowest BCUT2D eigenvalue weighted by Crippen LogP contribution is -2.44. The van der Waals surface area contributed by atoms with Gasteiger partial charge in [0.2, 0.25) is 5.95 Å². The van der Waals surface area contributed by atoms with E-state index in [-0.39, 0.29) is 0 Å². The van der Waals surface area contributed by atoms with Gasteiger partial charge in [-0.2, -0.15) is 0 Å². The third kappa shape index (κ3) is 2.03. The molecule has 90 valence electrons. The molecule has 0 aromatic carbocycles. The molecule has 0 radical (unpaired) electrons. The van der Waals surface area contributed by atoms with Crippen molar-refractivity contribution in [3.63, 3.8) is 0 Å². The van der Waals surface area contributed by atoms with Crippen LogP contribution in [0.5, 0.6) is 0 Å². The fraction of sp³-hybridized carbons (Fsp3) is 0.800. The van der Waals surface area contributed by atoms with E-state index in [2.05, 4.69) is 32.7 Å². The van der Waals surface area contributed by atoms with Gasteiger partial charge in [-0.05, 0) is 6.92 Å². The molecule has 1 aliphatic rings. The van der Waals surface area contributed by atoms with Crippen LogP contribution in [-0.4, -0.2) is 52.9 Å². The lowest BCUT2D eigenvalue weighted by Gasteiger charge is -2.32. The van der Waals surface area contributed by atoms with Gasteiger partial charge in [0.1, 0.15) is 0 Å². The number of piperazine rings is 1. The maximum Gasteiger partial charge on any atom is 0.224 e. The highest BCUT2D eigenvalue weighted by Gasteiger charge is 2.22. The van der Waals surface area contributed by atoms with Crippen LogP contribution in [0.15, 0.2) is 0 Å². The van der Waals surface area contributed by atoms with Crippen LogP contribution in [0, 0.1) is 0 Å². The Hall–Kier alpha value is -1.14. The summed E-state index contributed by atoms with van der Waals surface area (Å²) in [4.78, 5) is 2.43. The molecular formula is C10H20N6. The molecule has 6 nitrogen and oxygen atoms in total. The first-order valence-corrected chi connectivity index (χ1v) is 5.76. The van der Waals surface area contributed by atoms with Crippen molar-refractivity contribution in [2.45, 2.75) is 13.0 Å². The van der Waals surface area contributed by atoms with E-state index in [0.29, 0.717) is 6.04 Å². The predicted molar refractivity (Wildman–Crippen MR) is 63.4 cm³/mol. The van der Waals surface area contributed by atoms with Crippen molar-refractivity contribution in [3.05, 3.63) is 5.82 Å². The number of nitrogens with one attached hydrogen (secondary N) is 2. The first-order chi connectivity index (χ1) is 7.74. The summed E-state index contributed by atoms with van der Waals surface area (Å²) >= 11 is 0. The summed E-state index contributed by atoms with van der Waals surface area (Å²) in [6.07, 6.45) is 0. The lowest BCUT2D eigenvalue weighted by atomic mass is 10.2. The van der Waals surface area contributed by atoms with Gasteiger partial charge in [-0.15, -0.1) is 10.2 Å². The quantitative estimate of drug-likeness (QED) is 0.746. The molecular weight excluding hydrogens is 204 g/mol. The minimum Gasteiger partial charge on any atom is -0.357 e. The van der Waals surface area contributed by atoms with Crippen LogP contribution in [0.25, 0.3) is 0 Å². The fourth-order valence-electron chi connectivity index (χ4n) is 2.16.